The summed E-state index contributed by atoms with van der Waals surface area (Å²) in [5.41, 5.74) is 0.458. The average molecular weight is 406 g/mol. The van der Waals surface area contributed by atoms with Crippen molar-refractivity contribution in [2.45, 2.75) is 6.18 Å². The third-order valence-electron chi connectivity index (χ3n) is 3.78. The molecule has 1 amide bonds. The summed E-state index contributed by atoms with van der Waals surface area (Å²) in [5.74, 6) is -0.973. The molecule has 2 aromatic carbocycles. The molecule has 1 heterocycles. The first-order chi connectivity index (χ1) is 13.3. The van der Waals surface area contributed by atoms with Gasteiger partial charge in [-0.25, -0.2) is 9.78 Å². The molecule has 0 bridgehead atoms. The van der Waals surface area contributed by atoms with Crippen LogP contribution in [0.1, 0.15) is 26.3 Å². The second kappa shape index (κ2) is 7.81. The molecule has 0 saturated heterocycles. The number of nitrogens with one attached hydrogen (secondary N) is 1. The second-order valence-electron chi connectivity index (χ2n) is 5.64. The standard InChI is InChI=1S/C19H13F3N2O3S/c1-27-17(26)12-7-5-11(6-8-12)16(25)24-18-23-15(10-28-18)13-3-2-4-14(9-13)19(20,21)22/h2-10H,1H3,(H,23,24,25). The van der Waals surface area contributed by atoms with Crippen molar-refractivity contribution in [3.8, 4) is 11.3 Å². The van der Waals surface area contributed by atoms with Gasteiger partial charge in [-0.05, 0) is 36.4 Å². The highest BCUT2D eigenvalue weighted by atomic mass is 32.1. The van der Waals surface area contributed by atoms with Crippen LogP contribution >= 0.6 is 11.3 Å². The molecule has 9 heteroatoms. The molecule has 144 valence electrons. The van der Waals surface area contributed by atoms with Gasteiger partial charge in [-0.1, -0.05) is 12.1 Å². The number of benzene rings is 2. The number of carbonyl (C=O) groups is 2. The van der Waals surface area contributed by atoms with Crippen molar-refractivity contribution >= 4 is 28.3 Å². The summed E-state index contributed by atoms with van der Waals surface area (Å²) in [6.45, 7) is 0. The molecule has 0 aliphatic heterocycles. The van der Waals surface area contributed by atoms with E-state index < -0.39 is 23.6 Å². The van der Waals surface area contributed by atoms with Gasteiger partial charge in [-0.15, -0.1) is 11.3 Å². The van der Waals surface area contributed by atoms with Gasteiger partial charge < -0.3 is 4.74 Å². The molecule has 5 nitrogen and oxygen atoms in total. The van der Waals surface area contributed by atoms with Crippen molar-refractivity contribution in [2.24, 2.45) is 0 Å². The number of amides is 1. The van der Waals surface area contributed by atoms with E-state index in [0.717, 1.165) is 23.5 Å². The van der Waals surface area contributed by atoms with Crippen LogP contribution in [0, 0.1) is 0 Å². The van der Waals surface area contributed by atoms with E-state index in [4.69, 9.17) is 0 Å². The number of carbonyl (C=O) groups excluding carboxylic acids is 2. The monoisotopic (exact) mass is 406 g/mol. The lowest BCUT2D eigenvalue weighted by Gasteiger charge is -2.07. The van der Waals surface area contributed by atoms with Gasteiger partial charge in [0.2, 0.25) is 0 Å². The van der Waals surface area contributed by atoms with E-state index in [9.17, 15) is 22.8 Å². The van der Waals surface area contributed by atoms with E-state index in [1.165, 1.54) is 43.5 Å². The summed E-state index contributed by atoms with van der Waals surface area (Å²) in [6, 6.07) is 10.6. The third kappa shape index (κ3) is 4.37. The van der Waals surface area contributed by atoms with E-state index in [1.54, 1.807) is 5.38 Å². The average Bonchev–Trinajstić information content (AvgIpc) is 3.15. The first-order valence-electron chi connectivity index (χ1n) is 7.91. The molecule has 0 spiro atoms. The van der Waals surface area contributed by atoms with Crippen LogP contribution < -0.4 is 5.32 Å². The smallest absolute Gasteiger partial charge is 0.416 e. The van der Waals surface area contributed by atoms with Gasteiger partial charge in [-0.3, -0.25) is 10.1 Å². The van der Waals surface area contributed by atoms with Crippen LogP contribution in [0.2, 0.25) is 0 Å². The Balaban J connectivity index is 1.74. The molecule has 0 aliphatic rings. The number of hydrogen-bond acceptors (Lipinski definition) is 5. The molecule has 0 aliphatic carbocycles. The Hall–Kier alpha value is -3.20. The van der Waals surface area contributed by atoms with E-state index in [1.807, 2.05) is 0 Å². The molecular weight excluding hydrogens is 393 g/mol. The Labute approximate surface area is 161 Å². The Bertz CT molecular complexity index is 1010. The summed E-state index contributed by atoms with van der Waals surface area (Å²) >= 11 is 1.09. The predicted octanol–water partition coefficient (Wildman–Crippen LogP) is 4.87. The van der Waals surface area contributed by atoms with Crippen LogP contribution in [0.3, 0.4) is 0 Å². The molecule has 28 heavy (non-hydrogen) atoms. The third-order valence-corrected chi connectivity index (χ3v) is 4.54. The topological polar surface area (TPSA) is 68.3 Å². The number of alkyl halides is 3. The zero-order chi connectivity index (χ0) is 20.3. The maximum atomic E-state index is 12.8. The highest BCUT2D eigenvalue weighted by Crippen LogP contribution is 2.33. The van der Waals surface area contributed by atoms with Gasteiger partial charge in [0.15, 0.2) is 5.13 Å². The van der Waals surface area contributed by atoms with Gasteiger partial charge >= 0.3 is 12.1 Å². The molecule has 0 unspecified atom stereocenters. The van der Waals surface area contributed by atoms with Gasteiger partial charge in [0.25, 0.3) is 5.91 Å². The first-order valence-corrected chi connectivity index (χ1v) is 8.79. The Morgan fingerprint density at radius 1 is 1.07 bits per heavy atom. The molecule has 1 N–H and O–H groups in total. The summed E-state index contributed by atoms with van der Waals surface area (Å²) in [7, 11) is 1.26. The fraction of sp³-hybridized carbons (Fsp3) is 0.105. The van der Waals surface area contributed by atoms with Crippen LogP contribution in [0.5, 0.6) is 0 Å². The summed E-state index contributed by atoms with van der Waals surface area (Å²) in [5, 5.41) is 4.39. The first kappa shape index (κ1) is 19.6. The van der Waals surface area contributed by atoms with Gasteiger partial charge in [0.05, 0.1) is 23.9 Å². The van der Waals surface area contributed by atoms with Gasteiger partial charge in [0, 0.05) is 16.5 Å². The lowest BCUT2D eigenvalue weighted by Crippen LogP contribution is -2.12. The van der Waals surface area contributed by atoms with E-state index in [2.05, 4.69) is 15.0 Å². The largest absolute Gasteiger partial charge is 0.465 e. The number of thiazole rings is 1. The number of methoxy groups -OCH3 is 1. The molecule has 3 rings (SSSR count). The molecule has 0 radical (unpaired) electrons. The highest BCUT2D eigenvalue weighted by molar-refractivity contribution is 7.14. The van der Waals surface area contributed by atoms with Gasteiger partial charge in [0.1, 0.15) is 0 Å². The minimum absolute atomic E-state index is 0.245. The van der Waals surface area contributed by atoms with Crippen LogP contribution in [0.15, 0.2) is 53.9 Å². The zero-order valence-electron chi connectivity index (χ0n) is 14.4. The maximum Gasteiger partial charge on any atom is 0.416 e. The van der Waals surface area contributed by atoms with Crippen LogP contribution in [-0.2, 0) is 10.9 Å². The molecule has 0 saturated carbocycles. The van der Waals surface area contributed by atoms with Crippen molar-refractivity contribution in [3.05, 3.63) is 70.6 Å². The minimum atomic E-state index is -4.45. The lowest BCUT2D eigenvalue weighted by molar-refractivity contribution is -0.137. The second-order valence-corrected chi connectivity index (χ2v) is 6.50. The van der Waals surface area contributed by atoms with Crippen molar-refractivity contribution in [1.29, 1.82) is 0 Å². The number of aromatic nitrogens is 1. The summed E-state index contributed by atoms with van der Waals surface area (Å²) in [6.07, 6.45) is -4.45. The number of rotatable bonds is 4. The predicted molar refractivity (Wildman–Crippen MR) is 98.3 cm³/mol. The van der Waals surface area contributed by atoms with Crippen molar-refractivity contribution in [2.75, 3.05) is 12.4 Å². The van der Waals surface area contributed by atoms with Crippen molar-refractivity contribution < 1.29 is 27.5 Å². The molecule has 3 aromatic rings. The number of anilines is 1. The molecular formula is C19H13F3N2O3S. The molecule has 0 fully saturated rings. The highest BCUT2D eigenvalue weighted by Gasteiger charge is 2.30. The number of esters is 1. The Morgan fingerprint density at radius 2 is 1.75 bits per heavy atom. The molecule has 0 atom stereocenters. The fourth-order valence-electron chi connectivity index (χ4n) is 2.36. The number of halogens is 3. The summed E-state index contributed by atoms with van der Waals surface area (Å²) < 4.78 is 43.1. The van der Waals surface area contributed by atoms with Crippen LogP contribution in [0.25, 0.3) is 11.3 Å². The Morgan fingerprint density at radius 3 is 2.39 bits per heavy atom. The maximum absolute atomic E-state index is 12.8. The van der Waals surface area contributed by atoms with Crippen LogP contribution in [-0.4, -0.2) is 24.0 Å². The minimum Gasteiger partial charge on any atom is -0.465 e. The zero-order valence-corrected chi connectivity index (χ0v) is 15.2. The van der Waals surface area contributed by atoms with Crippen LogP contribution in [0.4, 0.5) is 18.3 Å². The van der Waals surface area contributed by atoms with Crippen molar-refractivity contribution in [1.82, 2.24) is 4.98 Å². The number of nitrogens with zero attached hydrogens (tertiary/aromatic N) is 1. The Kier molecular flexibility index (Phi) is 5.46. The normalized spacial score (nSPS) is 11.1. The quantitative estimate of drug-likeness (QED) is 0.628. The summed E-state index contributed by atoms with van der Waals surface area (Å²) in [4.78, 5) is 27.9. The van der Waals surface area contributed by atoms with Gasteiger partial charge in [-0.2, -0.15) is 13.2 Å². The number of hydrogen-bond donors (Lipinski definition) is 1. The van der Waals surface area contributed by atoms with E-state index >= 15 is 0 Å². The molecule has 1 aromatic heterocycles. The number of ether oxygens (including phenoxy) is 1. The fourth-order valence-corrected chi connectivity index (χ4v) is 3.08. The lowest BCUT2D eigenvalue weighted by atomic mass is 10.1. The SMILES string of the molecule is COC(=O)c1ccc(C(=O)Nc2nc(-c3cccc(C(F)(F)F)c3)cs2)cc1. The van der Waals surface area contributed by atoms with E-state index in [0.29, 0.717) is 22.4 Å². The van der Waals surface area contributed by atoms with E-state index in [-0.39, 0.29) is 5.13 Å². The van der Waals surface area contributed by atoms with Crippen molar-refractivity contribution in [3.63, 3.8) is 0 Å².